The number of carbonyl (C=O) groups excluding carboxylic acids is 2. The van der Waals surface area contributed by atoms with Crippen molar-refractivity contribution >= 4 is 17.6 Å². The van der Waals surface area contributed by atoms with Crippen molar-refractivity contribution in [2.75, 3.05) is 51.9 Å². The van der Waals surface area contributed by atoms with Gasteiger partial charge in [-0.25, -0.2) is 4.98 Å². The lowest BCUT2D eigenvalue weighted by atomic mass is 10.1. The van der Waals surface area contributed by atoms with E-state index in [1.807, 2.05) is 42.2 Å². The number of hydrogen-bond donors (Lipinski definition) is 0. The van der Waals surface area contributed by atoms with E-state index in [2.05, 4.69) is 34.1 Å². The first kappa shape index (κ1) is 28.0. The largest absolute Gasteiger partial charge is 0.493 e. The highest BCUT2D eigenvalue weighted by molar-refractivity contribution is 5.93. The maximum Gasteiger partial charge on any atom is 0.305 e. The van der Waals surface area contributed by atoms with Crippen LogP contribution in [0.5, 0.6) is 11.5 Å². The van der Waals surface area contributed by atoms with Gasteiger partial charge in [0.25, 0.3) is 5.91 Å². The molecular formula is C31H37N3O5. The SMILES string of the molecule is CCOC(=O)CCCCc1ccc(N2CCN(C(=O)c3cccc(-c4ccc(OC)c(OC)c4)n3)CC2)cc1. The fraction of sp³-hybridized carbons (Fsp3) is 0.387. The molecule has 0 aliphatic carbocycles. The summed E-state index contributed by atoms with van der Waals surface area (Å²) in [5.74, 6) is 1.08. The summed E-state index contributed by atoms with van der Waals surface area (Å²) < 4.78 is 15.7. The lowest BCUT2D eigenvalue weighted by Gasteiger charge is -2.36. The molecule has 0 unspecified atom stereocenters. The highest BCUT2D eigenvalue weighted by Gasteiger charge is 2.23. The third-order valence-corrected chi connectivity index (χ3v) is 6.92. The molecule has 0 N–H and O–H groups in total. The first-order valence-corrected chi connectivity index (χ1v) is 13.5. The van der Waals surface area contributed by atoms with Crippen LogP contribution in [0.15, 0.2) is 60.7 Å². The number of rotatable bonds is 11. The lowest BCUT2D eigenvalue weighted by Crippen LogP contribution is -2.49. The number of hydrogen-bond acceptors (Lipinski definition) is 7. The standard InChI is InChI=1S/C31H37N3O5/c1-4-39-30(35)11-6-5-8-23-12-15-25(16-13-23)33-18-20-34(21-19-33)31(36)27-10-7-9-26(32-27)24-14-17-28(37-2)29(22-24)38-3/h7,9-10,12-17,22H,4-6,8,11,18-21H2,1-3H3. The summed E-state index contributed by atoms with van der Waals surface area (Å²) >= 11 is 0. The summed E-state index contributed by atoms with van der Waals surface area (Å²) in [5, 5.41) is 0. The number of aryl methyl sites for hydroxylation is 1. The van der Waals surface area contributed by atoms with Crippen molar-refractivity contribution in [1.29, 1.82) is 0 Å². The second-order valence-electron chi connectivity index (χ2n) is 9.44. The Morgan fingerprint density at radius 2 is 1.62 bits per heavy atom. The molecule has 39 heavy (non-hydrogen) atoms. The maximum atomic E-state index is 13.3. The van der Waals surface area contributed by atoms with Crippen LogP contribution < -0.4 is 14.4 Å². The Labute approximate surface area is 230 Å². The van der Waals surface area contributed by atoms with Crippen LogP contribution in [0.4, 0.5) is 5.69 Å². The smallest absolute Gasteiger partial charge is 0.305 e. The minimum atomic E-state index is -0.119. The van der Waals surface area contributed by atoms with Gasteiger partial charge in [0.15, 0.2) is 11.5 Å². The van der Waals surface area contributed by atoms with Gasteiger partial charge < -0.3 is 24.0 Å². The van der Waals surface area contributed by atoms with Crippen LogP contribution in [0.25, 0.3) is 11.3 Å². The first-order valence-electron chi connectivity index (χ1n) is 13.5. The molecule has 2 aromatic carbocycles. The zero-order chi connectivity index (χ0) is 27.6. The summed E-state index contributed by atoms with van der Waals surface area (Å²) in [4.78, 5) is 33.6. The number of unbranched alkanes of at least 4 members (excludes halogenated alkanes) is 1. The van der Waals surface area contributed by atoms with Gasteiger partial charge in [0.05, 0.1) is 26.5 Å². The highest BCUT2D eigenvalue weighted by atomic mass is 16.5. The van der Waals surface area contributed by atoms with Crippen molar-refractivity contribution in [3.63, 3.8) is 0 Å². The van der Waals surface area contributed by atoms with Gasteiger partial charge >= 0.3 is 5.97 Å². The molecule has 2 heterocycles. The van der Waals surface area contributed by atoms with Gasteiger partial charge in [0.2, 0.25) is 0 Å². The molecule has 8 heteroatoms. The first-order chi connectivity index (χ1) is 19.0. The molecule has 0 atom stereocenters. The van der Waals surface area contributed by atoms with Gasteiger partial charge in [-0.15, -0.1) is 0 Å². The topological polar surface area (TPSA) is 81.2 Å². The predicted octanol–water partition coefficient (Wildman–Crippen LogP) is 5.00. The van der Waals surface area contributed by atoms with Crippen molar-refractivity contribution in [2.45, 2.75) is 32.6 Å². The van der Waals surface area contributed by atoms with E-state index >= 15 is 0 Å². The minimum Gasteiger partial charge on any atom is -0.493 e. The number of methoxy groups -OCH3 is 2. The van der Waals surface area contributed by atoms with Crippen molar-refractivity contribution < 1.29 is 23.8 Å². The molecule has 3 aromatic rings. The molecule has 8 nitrogen and oxygen atoms in total. The van der Waals surface area contributed by atoms with Crippen LogP contribution in [0.3, 0.4) is 0 Å². The molecule has 0 saturated carbocycles. The Hall–Kier alpha value is -4.07. The molecule has 1 amide bonds. The third-order valence-electron chi connectivity index (χ3n) is 6.92. The van der Waals surface area contributed by atoms with Crippen LogP contribution in [0.1, 0.15) is 42.2 Å². The van der Waals surface area contributed by atoms with Crippen molar-refractivity contribution in [1.82, 2.24) is 9.88 Å². The van der Waals surface area contributed by atoms with Gasteiger partial charge in [-0.3, -0.25) is 9.59 Å². The van der Waals surface area contributed by atoms with Crippen LogP contribution >= 0.6 is 0 Å². The molecule has 0 bridgehead atoms. The molecule has 206 valence electrons. The quantitative estimate of drug-likeness (QED) is 0.254. The van der Waals surface area contributed by atoms with Crippen molar-refractivity contribution in [3.8, 4) is 22.8 Å². The average Bonchev–Trinajstić information content (AvgIpc) is 2.99. The summed E-state index contributed by atoms with van der Waals surface area (Å²) in [7, 11) is 3.20. The maximum absolute atomic E-state index is 13.3. The monoisotopic (exact) mass is 531 g/mol. The zero-order valence-corrected chi connectivity index (χ0v) is 23.0. The molecule has 1 aliphatic heterocycles. The predicted molar refractivity (Wildman–Crippen MR) is 152 cm³/mol. The molecule has 1 saturated heterocycles. The minimum absolute atomic E-state index is 0.0601. The van der Waals surface area contributed by atoms with Gasteiger partial charge in [-0.1, -0.05) is 18.2 Å². The Kier molecular flexibility index (Phi) is 9.78. The average molecular weight is 532 g/mol. The number of carbonyl (C=O) groups is 2. The molecule has 1 aliphatic rings. The number of ether oxygens (including phenoxy) is 3. The van der Waals surface area contributed by atoms with E-state index in [0.29, 0.717) is 49.0 Å². The number of esters is 1. The molecular weight excluding hydrogens is 494 g/mol. The van der Waals surface area contributed by atoms with Crippen LogP contribution in [-0.2, 0) is 16.0 Å². The number of benzene rings is 2. The van der Waals surface area contributed by atoms with E-state index in [-0.39, 0.29) is 11.9 Å². The van der Waals surface area contributed by atoms with Crippen LogP contribution in [0.2, 0.25) is 0 Å². The molecule has 1 aromatic heterocycles. The Balaban J connectivity index is 1.30. The number of nitrogens with zero attached hydrogens (tertiary/aromatic N) is 3. The van der Waals surface area contributed by atoms with E-state index in [1.165, 1.54) is 5.56 Å². The van der Waals surface area contributed by atoms with Crippen LogP contribution in [0, 0.1) is 0 Å². The molecule has 0 radical (unpaired) electrons. The van der Waals surface area contributed by atoms with E-state index in [0.717, 1.165) is 43.6 Å². The van der Waals surface area contributed by atoms with E-state index in [9.17, 15) is 9.59 Å². The Morgan fingerprint density at radius 1 is 0.872 bits per heavy atom. The van der Waals surface area contributed by atoms with Gasteiger partial charge in [-0.05, 0) is 74.2 Å². The summed E-state index contributed by atoms with van der Waals surface area (Å²) in [6, 6.07) is 19.7. The third kappa shape index (κ3) is 7.28. The molecule has 0 spiro atoms. The second kappa shape index (κ2) is 13.6. The molecule has 1 fully saturated rings. The number of amides is 1. The fourth-order valence-corrected chi connectivity index (χ4v) is 4.74. The van der Waals surface area contributed by atoms with Gasteiger partial charge in [0, 0.05) is 43.9 Å². The van der Waals surface area contributed by atoms with Crippen LogP contribution in [-0.4, -0.2) is 68.8 Å². The Morgan fingerprint density at radius 3 is 2.31 bits per heavy atom. The summed E-state index contributed by atoms with van der Waals surface area (Å²) in [5.41, 5.74) is 4.42. The normalized spacial score (nSPS) is 13.2. The Bertz CT molecular complexity index is 1250. The zero-order valence-electron chi connectivity index (χ0n) is 23.0. The molecule has 4 rings (SSSR count). The van der Waals surface area contributed by atoms with Gasteiger partial charge in [-0.2, -0.15) is 0 Å². The second-order valence-corrected chi connectivity index (χ2v) is 9.44. The number of anilines is 1. The number of piperazine rings is 1. The van der Waals surface area contributed by atoms with Crippen molar-refractivity contribution in [2.24, 2.45) is 0 Å². The van der Waals surface area contributed by atoms with Gasteiger partial charge in [0.1, 0.15) is 5.69 Å². The van der Waals surface area contributed by atoms with Crippen molar-refractivity contribution in [3.05, 3.63) is 71.9 Å². The summed E-state index contributed by atoms with van der Waals surface area (Å²) in [6.45, 7) is 5.07. The number of aromatic nitrogens is 1. The van der Waals surface area contributed by atoms with E-state index < -0.39 is 0 Å². The van der Waals surface area contributed by atoms with E-state index in [4.69, 9.17) is 14.2 Å². The number of pyridine rings is 1. The fourth-order valence-electron chi connectivity index (χ4n) is 4.74. The highest BCUT2D eigenvalue weighted by Crippen LogP contribution is 2.31. The van der Waals surface area contributed by atoms with E-state index in [1.54, 1.807) is 20.3 Å². The lowest BCUT2D eigenvalue weighted by molar-refractivity contribution is -0.143. The summed E-state index contributed by atoms with van der Waals surface area (Å²) in [6.07, 6.45) is 3.21.